The lowest BCUT2D eigenvalue weighted by molar-refractivity contribution is -0.298. The largest absolute Gasteiger partial charge is 0.509 e. The van der Waals surface area contributed by atoms with Crippen molar-refractivity contribution in [2.75, 3.05) is 27.4 Å². The number of carbonyl (C=O) groups is 3. The molecule has 246 valence electrons. The zero-order valence-corrected chi connectivity index (χ0v) is 27.4. The molecule has 0 aromatic carbocycles. The van der Waals surface area contributed by atoms with E-state index in [9.17, 15) is 19.5 Å². The molecular weight excluding hydrogens is 560 g/mol. The second-order valence-electron chi connectivity index (χ2n) is 13.9. The first-order valence-electron chi connectivity index (χ1n) is 15.7. The number of likely N-dealkylation sites (N-methyl/N-ethyl adjacent to an activating group) is 1. The average molecular weight is 613 g/mol. The van der Waals surface area contributed by atoms with Gasteiger partial charge in [-0.15, -0.1) is 0 Å². The van der Waals surface area contributed by atoms with Crippen LogP contribution in [0.25, 0.3) is 0 Å². The van der Waals surface area contributed by atoms with Crippen LogP contribution in [0.2, 0.25) is 0 Å². The number of esters is 1. The number of ether oxygens (including phenoxy) is 6. The number of aliphatic hydroxyl groups is 1. The van der Waals surface area contributed by atoms with E-state index in [0.717, 1.165) is 0 Å². The summed E-state index contributed by atoms with van der Waals surface area (Å²) in [5.41, 5.74) is -2.26. The van der Waals surface area contributed by atoms with E-state index in [-0.39, 0.29) is 36.6 Å². The summed E-state index contributed by atoms with van der Waals surface area (Å²) in [5, 5.41) is 11.3. The topological polar surface area (TPSA) is 133 Å². The average Bonchev–Trinajstić information content (AvgIpc) is 3.15. The van der Waals surface area contributed by atoms with Gasteiger partial charge in [-0.05, 0) is 73.9 Å². The smallest absolute Gasteiger partial charge is 0.457 e. The fourth-order valence-electron chi connectivity index (χ4n) is 7.58. The highest BCUT2D eigenvalue weighted by atomic mass is 16.8. The number of carbonyl (C=O) groups excluding carboxylic acids is 3. The van der Waals surface area contributed by atoms with Crippen LogP contribution in [0.5, 0.6) is 0 Å². The molecule has 0 amide bonds. The lowest BCUT2D eigenvalue weighted by Crippen LogP contribution is -2.60. The van der Waals surface area contributed by atoms with Crippen LogP contribution < -0.4 is 0 Å². The Balaban J connectivity index is 1.76. The number of nitrogens with zero attached hydrogens (tertiary/aromatic N) is 2. The summed E-state index contributed by atoms with van der Waals surface area (Å²) < 4.78 is 36.7. The van der Waals surface area contributed by atoms with Gasteiger partial charge in [-0.2, -0.15) is 0 Å². The molecule has 4 saturated heterocycles. The van der Waals surface area contributed by atoms with Crippen LogP contribution in [0.1, 0.15) is 74.7 Å². The summed E-state index contributed by atoms with van der Waals surface area (Å²) in [6, 6.07) is -0.556. The van der Waals surface area contributed by atoms with Crippen LogP contribution in [0.3, 0.4) is 0 Å². The Morgan fingerprint density at radius 1 is 1.07 bits per heavy atom. The van der Waals surface area contributed by atoms with Gasteiger partial charge < -0.3 is 38.4 Å². The summed E-state index contributed by atoms with van der Waals surface area (Å²) in [4.78, 5) is 44.0. The van der Waals surface area contributed by atoms with E-state index in [0.29, 0.717) is 25.8 Å². The molecule has 4 heterocycles. The van der Waals surface area contributed by atoms with Crippen LogP contribution in [0, 0.1) is 17.8 Å². The summed E-state index contributed by atoms with van der Waals surface area (Å²) in [6.45, 7) is 15.5. The van der Waals surface area contributed by atoms with E-state index in [1.165, 1.54) is 6.92 Å². The predicted molar refractivity (Wildman–Crippen MR) is 155 cm³/mol. The van der Waals surface area contributed by atoms with Crippen molar-refractivity contribution in [3.8, 4) is 0 Å². The zero-order chi connectivity index (χ0) is 32.0. The second-order valence-corrected chi connectivity index (χ2v) is 13.9. The molecule has 4 aliphatic heterocycles. The second kappa shape index (κ2) is 12.9. The van der Waals surface area contributed by atoms with Crippen molar-refractivity contribution in [3.05, 3.63) is 0 Å². The summed E-state index contributed by atoms with van der Waals surface area (Å²) >= 11 is 0. The van der Waals surface area contributed by atoms with Crippen molar-refractivity contribution in [3.63, 3.8) is 0 Å². The number of rotatable bonds is 4. The fraction of sp³-hybridized carbons (Fsp3) is 0.903. The number of hydrogen-bond acceptors (Lipinski definition) is 12. The Labute approximate surface area is 255 Å². The highest BCUT2D eigenvalue weighted by Crippen LogP contribution is 2.41. The van der Waals surface area contributed by atoms with Crippen LogP contribution in [-0.2, 0) is 38.0 Å². The van der Waals surface area contributed by atoms with Gasteiger partial charge in [0.2, 0.25) is 0 Å². The maximum absolute atomic E-state index is 14.0. The number of cyclic esters (lactones) is 1. The van der Waals surface area contributed by atoms with Gasteiger partial charge in [0.15, 0.2) is 23.8 Å². The normalized spacial score (nSPS) is 48.1. The van der Waals surface area contributed by atoms with E-state index in [4.69, 9.17) is 28.4 Å². The number of hydrogen-bond donors (Lipinski definition) is 1. The molecule has 12 heteroatoms. The monoisotopic (exact) mass is 612 g/mol. The Hall–Kier alpha value is -1.83. The number of ketones is 1. The van der Waals surface area contributed by atoms with Gasteiger partial charge in [0, 0.05) is 18.5 Å². The quantitative estimate of drug-likeness (QED) is 0.370. The maximum atomic E-state index is 14.0. The minimum absolute atomic E-state index is 0.0840. The van der Waals surface area contributed by atoms with Crippen molar-refractivity contribution >= 4 is 17.9 Å². The van der Waals surface area contributed by atoms with Gasteiger partial charge in [-0.1, -0.05) is 20.8 Å². The Morgan fingerprint density at radius 2 is 1.74 bits per heavy atom. The molecule has 4 aliphatic rings. The van der Waals surface area contributed by atoms with E-state index >= 15 is 0 Å². The third-order valence-corrected chi connectivity index (χ3v) is 10.1. The molecular formula is C31H52N2O10. The van der Waals surface area contributed by atoms with Crippen LogP contribution in [0.15, 0.2) is 0 Å². The van der Waals surface area contributed by atoms with Gasteiger partial charge in [-0.3, -0.25) is 14.5 Å². The number of fused-ring (bicyclic) bond motifs is 4. The van der Waals surface area contributed by atoms with Crippen molar-refractivity contribution in [1.82, 2.24) is 9.80 Å². The van der Waals surface area contributed by atoms with Crippen molar-refractivity contribution in [2.45, 2.75) is 135 Å². The summed E-state index contributed by atoms with van der Waals surface area (Å²) in [7, 11) is 3.80. The Morgan fingerprint density at radius 3 is 2.37 bits per heavy atom. The molecule has 0 saturated carbocycles. The molecule has 4 fully saturated rings. The van der Waals surface area contributed by atoms with Crippen LogP contribution in [-0.4, -0.2) is 120 Å². The molecule has 1 unspecified atom stereocenters. The van der Waals surface area contributed by atoms with Crippen LogP contribution >= 0.6 is 0 Å². The lowest BCUT2D eigenvalue weighted by atomic mass is 9.78. The highest BCUT2D eigenvalue weighted by molar-refractivity contribution is 6.00. The minimum Gasteiger partial charge on any atom is -0.457 e. The third-order valence-electron chi connectivity index (χ3n) is 10.1. The zero-order valence-electron chi connectivity index (χ0n) is 27.4. The molecule has 14 atom stereocenters. The molecule has 4 rings (SSSR count). The molecule has 0 aromatic rings. The maximum Gasteiger partial charge on any atom is 0.509 e. The van der Waals surface area contributed by atoms with Crippen molar-refractivity contribution in [1.29, 1.82) is 0 Å². The Bertz CT molecular complexity index is 1040. The van der Waals surface area contributed by atoms with Gasteiger partial charge >= 0.3 is 12.1 Å². The molecule has 2 bridgehead atoms. The van der Waals surface area contributed by atoms with Crippen molar-refractivity contribution in [2.24, 2.45) is 17.8 Å². The first kappa shape index (κ1) is 34.1. The summed E-state index contributed by atoms with van der Waals surface area (Å²) in [6.07, 6.45) is -3.94. The van der Waals surface area contributed by atoms with Gasteiger partial charge in [0.25, 0.3) is 0 Å². The molecule has 1 N–H and O–H groups in total. The molecule has 43 heavy (non-hydrogen) atoms. The van der Waals surface area contributed by atoms with E-state index in [1.807, 2.05) is 46.7 Å². The molecule has 0 aromatic heterocycles. The summed E-state index contributed by atoms with van der Waals surface area (Å²) in [5.74, 6) is -2.95. The van der Waals surface area contributed by atoms with E-state index in [1.54, 1.807) is 13.8 Å². The Kier molecular flexibility index (Phi) is 10.2. The lowest BCUT2D eigenvalue weighted by Gasteiger charge is -2.46. The molecule has 0 radical (unpaired) electrons. The van der Waals surface area contributed by atoms with Gasteiger partial charge in [0.1, 0.15) is 24.9 Å². The fourth-order valence-corrected chi connectivity index (χ4v) is 7.58. The first-order chi connectivity index (χ1) is 20.0. The molecule has 0 spiro atoms. The highest BCUT2D eigenvalue weighted by Gasteiger charge is 2.59. The minimum atomic E-state index is -1.27. The number of aliphatic hydroxyl groups excluding tert-OH is 1. The van der Waals surface area contributed by atoms with E-state index < -0.39 is 65.9 Å². The van der Waals surface area contributed by atoms with Crippen LogP contribution in [0.4, 0.5) is 4.79 Å². The first-order valence-corrected chi connectivity index (χ1v) is 15.7. The van der Waals surface area contributed by atoms with Gasteiger partial charge in [-0.25, -0.2) is 4.79 Å². The van der Waals surface area contributed by atoms with Crippen molar-refractivity contribution < 1.29 is 47.9 Å². The van der Waals surface area contributed by atoms with E-state index in [2.05, 4.69) is 11.8 Å². The standard InChI is InChI=1S/C31H52N2O10/c1-11-22-31(8)26(42-29(37)43-31)20(6)33-14-16(2)13-30(7,38-15-33)25(18(4)23(34)19(5)27(36)40-22)41-28-24(35)21(32(9)10)12-17(3)39-28/h16-22,24-26,28,35H,11-15H2,1-10H3/t16-,17-,18+,19-,20-,21+,22-,24-,25-,26-,28+,30-,31-/m1/s1. The SMILES string of the molecule is CC[C@H]1OC(=O)[C@H](C)C(=O)[C@H](C)[C@@H](O[C@@H]2O[C@H](C)C[C@H](N(C)C)[C@H]2O)[C@@]2(C)C[C@@H](C)CN(CO2)[C@H](C)[C@H]2OC(=O)O[C@@]21C. The third kappa shape index (κ3) is 6.60. The number of Topliss-reactive ketones (excluding diaryl/α,β-unsaturated/α-hetero) is 1. The molecule has 12 nitrogen and oxygen atoms in total. The molecule has 0 aliphatic carbocycles. The predicted octanol–water partition coefficient (Wildman–Crippen LogP) is 2.73. The van der Waals surface area contributed by atoms with Gasteiger partial charge in [0.05, 0.1) is 23.9 Å².